The molecule has 0 radical (unpaired) electrons. The summed E-state index contributed by atoms with van der Waals surface area (Å²) in [4.78, 5) is 6.66. The second kappa shape index (κ2) is 5.28. The second-order valence-electron chi connectivity index (χ2n) is 6.28. The molecule has 0 aliphatic carbocycles. The summed E-state index contributed by atoms with van der Waals surface area (Å²) in [5, 5.41) is 18.8. The van der Waals surface area contributed by atoms with Crippen molar-refractivity contribution in [3.8, 4) is 6.07 Å². The average molecular weight is 259 g/mol. The average Bonchev–Trinajstić information content (AvgIpc) is 2.73. The first kappa shape index (κ1) is 14.0. The second-order valence-corrected chi connectivity index (χ2v) is 6.28. The topological polar surface area (TPSA) is 60.1 Å². The molecule has 0 spiro atoms. The van der Waals surface area contributed by atoms with Gasteiger partial charge in [-0.15, -0.1) is 0 Å². The number of β-amino-alcohol motifs (C(OH)–C–C–N with tert-alkyl or cyclic N) is 1. The van der Waals surface area contributed by atoms with Crippen molar-refractivity contribution in [1.29, 1.82) is 5.26 Å². The summed E-state index contributed by atoms with van der Waals surface area (Å²) in [5.41, 5.74) is 2.43. The lowest BCUT2D eigenvalue weighted by Crippen LogP contribution is -2.22. The lowest BCUT2D eigenvalue weighted by molar-refractivity contribution is 0.174. The smallest absolute Gasteiger partial charge is 0.101 e. The number of hydrogen-bond donors (Lipinski definition) is 1. The first-order valence-electron chi connectivity index (χ1n) is 6.70. The molecule has 0 aromatic carbocycles. The van der Waals surface area contributed by atoms with Crippen LogP contribution in [0.4, 0.5) is 0 Å². The van der Waals surface area contributed by atoms with E-state index in [1.807, 2.05) is 12.3 Å². The highest BCUT2D eigenvalue weighted by Crippen LogP contribution is 2.24. The van der Waals surface area contributed by atoms with Crippen molar-refractivity contribution >= 4 is 0 Å². The molecule has 19 heavy (non-hydrogen) atoms. The van der Waals surface area contributed by atoms with Crippen LogP contribution in [0, 0.1) is 11.3 Å². The molecule has 1 aromatic rings. The van der Waals surface area contributed by atoms with Crippen molar-refractivity contribution in [2.45, 2.75) is 45.3 Å². The predicted octanol–water partition coefficient (Wildman–Crippen LogP) is 1.82. The van der Waals surface area contributed by atoms with Gasteiger partial charge >= 0.3 is 0 Å². The Kier molecular flexibility index (Phi) is 3.88. The van der Waals surface area contributed by atoms with Gasteiger partial charge < -0.3 is 5.11 Å². The fourth-order valence-electron chi connectivity index (χ4n) is 2.49. The molecule has 1 fully saturated rings. The highest BCUT2D eigenvalue weighted by atomic mass is 16.3. The number of aliphatic hydroxyl groups excluding tert-OH is 1. The summed E-state index contributed by atoms with van der Waals surface area (Å²) in [5.74, 6) is 0. The number of rotatable bonds is 2. The largest absolute Gasteiger partial charge is 0.392 e. The molecule has 1 N–H and O–H groups in total. The summed E-state index contributed by atoms with van der Waals surface area (Å²) >= 11 is 0. The van der Waals surface area contributed by atoms with Crippen LogP contribution in [0.2, 0.25) is 0 Å². The summed E-state index contributed by atoms with van der Waals surface area (Å²) in [6.07, 6.45) is 2.47. The Hall–Kier alpha value is -1.44. The SMILES string of the molecule is CC(C)(C)c1ncc(CN2CC[C@@H](O)C2)cc1C#N. The molecule has 0 saturated carbocycles. The maximum atomic E-state index is 9.52. The maximum Gasteiger partial charge on any atom is 0.101 e. The Labute approximate surface area is 114 Å². The Morgan fingerprint density at radius 2 is 2.26 bits per heavy atom. The number of nitriles is 1. The number of hydrogen-bond acceptors (Lipinski definition) is 4. The number of aromatic nitrogens is 1. The Morgan fingerprint density at radius 3 is 2.79 bits per heavy atom. The molecule has 102 valence electrons. The summed E-state index contributed by atoms with van der Waals surface area (Å²) in [6.45, 7) is 8.56. The molecule has 4 heteroatoms. The molecule has 2 heterocycles. The van der Waals surface area contributed by atoms with Crippen molar-refractivity contribution in [1.82, 2.24) is 9.88 Å². The van der Waals surface area contributed by atoms with Crippen molar-refractivity contribution in [3.63, 3.8) is 0 Å². The zero-order valence-corrected chi connectivity index (χ0v) is 11.8. The van der Waals surface area contributed by atoms with Crippen LogP contribution in [-0.4, -0.2) is 34.2 Å². The van der Waals surface area contributed by atoms with E-state index in [1.165, 1.54) is 0 Å². The van der Waals surface area contributed by atoms with E-state index in [2.05, 4.69) is 36.7 Å². The van der Waals surface area contributed by atoms with Crippen LogP contribution in [0.1, 0.15) is 44.0 Å². The first-order chi connectivity index (χ1) is 8.90. The van der Waals surface area contributed by atoms with Crippen LogP contribution < -0.4 is 0 Å². The quantitative estimate of drug-likeness (QED) is 0.880. The molecular formula is C15H21N3O. The van der Waals surface area contributed by atoms with Crippen LogP contribution in [0.5, 0.6) is 0 Å². The maximum absolute atomic E-state index is 9.52. The number of pyridine rings is 1. The van der Waals surface area contributed by atoms with Crippen molar-refractivity contribution in [2.75, 3.05) is 13.1 Å². The van der Waals surface area contributed by atoms with Crippen molar-refractivity contribution < 1.29 is 5.11 Å². The molecular weight excluding hydrogens is 238 g/mol. The molecule has 2 rings (SSSR count). The molecule has 0 unspecified atom stereocenters. The highest BCUT2D eigenvalue weighted by molar-refractivity contribution is 5.39. The zero-order valence-electron chi connectivity index (χ0n) is 11.8. The zero-order chi connectivity index (χ0) is 14.0. The Morgan fingerprint density at radius 1 is 1.53 bits per heavy atom. The monoisotopic (exact) mass is 259 g/mol. The predicted molar refractivity (Wildman–Crippen MR) is 73.6 cm³/mol. The minimum Gasteiger partial charge on any atom is -0.392 e. The molecule has 1 aromatic heterocycles. The van der Waals surface area contributed by atoms with Gasteiger partial charge in [0.05, 0.1) is 17.4 Å². The fraction of sp³-hybridized carbons (Fsp3) is 0.600. The first-order valence-corrected chi connectivity index (χ1v) is 6.70. The van der Waals surface area contributed by atoms with E-state index in [0.29, 0.717) is 12.1 Å². The summed E-state index contributed by atoms with van der Waals surface area (Å²) in [7, 11) is 0. The van der Waals surface area contributed by atoms with E-state index in [9.17, 15) is 10.4 Å². The van der Waals surface area contributed by atoms with Crippen LogP contribution in [-0.2, 0) is 12.0 Å². The summed E-state index contributed by atoms with van der Waals surface area (Å²) < 4.78 is 0. The number of likely N-dealkylation sites (tertiary alicyclic amines) is 1. The van der Waals surface area contributed by atoms with Gasteiger partial charge in [0.1, 0.15) is 6.07 Å². The van der Waals surface area contributed by atoms with Gasteiger partial charge in [-0.2, -0.15) is 5.26 Å². The number of aliphatic hydroxyl groups is 1. The van der Waals surface area contributed by atoms with E-state index in [1.54, 1.807) is 0 Å². The van der Waals surface area contributed by atoms with Crippen molar-refractivity contribution in [3.05, 3.63) is 29.1 Å². The van der Waals surface area contributed by atoms with Gasteiger partial charge in [0, 0.05) is 31.2 Å². The van der Waals surface area contributed by atoms with Gasteiger partial charge in [-0.25, -0.2) is 0 Å². The van der Waals surface area contributed by atoms with E-state index in [0.717, 1.165) is 30.8 Å². The molecule has 1 aliphatic rings. The van der Waals surface area contributed by atoms with Gasteiger partial charge in [-0.1, -0.05) is 20.8 Å². The van der Waals surface area contributed by atoms with E-state index in [-0.39, 0.29) is 11.5 Å². The van der Waals surface area contributed by atoms with Gasteiger partial charge in [-0.05, 0) is 18.1 Å². The number of nitrogens with zero attached hydrogens (tertiary/aromatic N) is 3. The van der Waals surface area contributed by atoms with Gasteiger partial charge in [-0.3, -0.25) is 9.88 Å². The minimum atomic E-state index is -0.211. The third kappa shape index (κ3) is 3.31. The molecule has 4 nitrogen and oxygen atoms in total. The summed E-state index contributed by atoms with van der Waals surface area (Å²) in [6, 6.07) is 4.17. The molecule has 1 atom stereocenters. The minimum absolute atomic E-state index is 0.118. The van der Waals surface area contributed by atoms with Crippen LogP contribution >= 0.6 is 0 Å². The van der Waals surface area contributed by atoms with Crippen LogP contribution in [0.15, 0.2) is 12.3 Å². The van der Waals surface area contributed by atoms with E-state index < -0.39 is 0 Å². The lowest BCUT2D eigenvalue weighted by Gasteiger charge is -2.20. The van der Waals surface area contributed by atoms with Crippen LogP contribution in [0.25, 0.3) is 0 Å². The molecule has 1 saturated heterocycles. The van der Waals surface area contributed by atoms with Gasteiger partial charge in [0.2, 0.25) is 0 Å². The Balaban J connectivity index is 2.18. The van der Waals surface area contributed by atoms with Gasteiger partial charge in [0.25, 0.3) is 0 Å². The Bertz CT molecular complexity index is 499. The highest BCUT2D eigenvalue weighted by Gasteiger charge is 2.22. The normalized spacial score (nSPS) is 20.5. The standard InChI is InChI=1S/C15H21N3O/c1-15(2,3)14-12(7-16)6-11(8-17-14)9-18-5-4-13(19)10-18/h6,8,13,19H,4-5,9-10H2,1-3H3/t13-/m1/s1. The van der Waals surface area contributed by atoms with Gasteiger partial charge in [0.15, 0.2) is 0 Å². The van der Waals surface area contributed by atoms with E-state index >= 15 is 0 Å². The van der Waals surface area contributed by atoms with E-state index in [4.69, 9.17) is 0 Å². The molecule has 0 bridgehead atoms. The third-order valence-corrected chi connectivity index (χ3v) is 3.43. The van der Waals surface area contributed by atoms with Crippen LogP contribution in [0.3, 0.4) is 0 Å². The molecule has 0 amide bonds. The fourth-order valence-corrected chi connectivity index (χ4v) is 2.49. The van der Waals surface area contributed by atoms with Crippen molar-refractivity contribution in [2.24, 2.45) is 0 Å². The lowest BCUT2D eigenvalue weighted by atomic mass is 9.88. The molecule has 1 aliphatic heterocycles. The third-order valence-electron chi connectivity index (χ3n) is 3.43.